The van der Waals surface area contributed by atoms with Crippen LogP contribution in [0.4, 0.5) is 0 Å². The van der Waals surface area contributed by atoms with E-state index in [1.54, 1.807) is 0 Å². The maximum Gasteiger partial charge on any atom is 0.116 e. The van der Waals surface area contributed by atoms with Gasteiger partial charge in [-0.1, -0.05) is 152 Å². The molecule has 1 aliphatic rings. The van der Waals surface area contributed by atoms with Crippen LogP contribution in [-0.2, 0) is 56.7 Å². The molecule has 250 valence electrons. The van der Waals surface area contributed by atoms with Gasteiger partial charge in [-0.05, 0) is 27.8 Å². The van der Waals surface area contributed by atoms with Gasteiger partial charge in [0, 0.05) is 0 Å². The Hall–Kier alpha value is -4.18. The van der Waals surface area contributed by atoms with Crippen LogP contribution in [-0.4, -0.2) is 47.2 Å². The first kappa shape index (κ1) is 35.1. The molecule has 0 heterocycles. The molecule has 3 N–H and O–H groups in total. The normalized spacial score (nSPS) is 22.1. The fourth-order valence-electron chi connectivity index (χ4n) is 5.93. The lowest BCUT2D eigenvalue weighted by molar-refractivity contribution is -0.283. The Balaban J connectivity index is 0.00000451. The summed E-state index contributed by atoms with van der Waals surface area (Å²) in [5.74, 6) is 0. The molecule has 0 saturated heterocycles. The molecule has 5 aromatic rings. The van der Waals surface area contributed by atoms with Crippen molar-refractivity contribution >= 4 is 0 Å². The zero-order valence-corrected chi connectivity index (χ0v) is 26.9. The number of aliphatic hydroxyl groups excluding tert-OH is 1. The summed E-state index contributed by atoms with van der Waals surface area (Å²) in [6, 6.07) is 49.9. The van der Waals surface area contributed by atoms with E-state index in [9.17, 15) is 5.11 Å². The summed E-state index contributed by atoms with van der Waals surface area (Å²) in [4.78, 5) is 0. The van der Waals surface area contributed by atoms with E-state index in [1.807, 2.05) is 152 Å². The van der Waals surface area contributed by atoms with Gasteiger partial charge < -0.3 is 34.3 Å². The van der Waals surface area contributed by atoms with Gasteiger partial charge in [0.1, 0.15) is 36.6 Å². The Labute approximate surface area is 283 Å². The molecule has 4 unspecified atom stereocenters. The van der Waals surface area contributed by atoms with Gasteiger partial charge >= 0.3 is 0 Å². The fourth-order valence-corrected chi connectivity index (χ4v) is 5.93. The first-order valence-electron chi connectivity index (χ1n) is 16.2. The molecule has 1 saturated carbocycles. The standard InChI is InChI=1S/C41H42O6.H2O/c42-36-37(43-26-31-16-6-1-7-17-31)39(45-28-33-20-10-3-11-21-33)41(47-30-35-24-14-5-15-25-35)40(46-29-34-22-12-4-13-23-34)38(36)44-27-32-18-8-2-9-19-32;/h1-25,36-42H,26-30H2;1H2. The number of rotatable bonds is 15. The summed E-state index contributed by atoms with van der Waals surface area (Å²) in [5.41, 5.74) is 5.02. The van der Waals surface area contributed by atoms with Crippen molar-refractivity contribution in [2.45, 2.75) is 69.7 Å². The summed E-state index contributed by atoms with van der Waals surface area (Å²) in [7, 11) is 0. The third-order valence-electron chi connectivity index (χ3n) is 8.39. The Morgan fingerprint density at radius 3 is 0.729 bits per heavy atom. The average molecular weight is 649 g/mol. The third kappa shape index (κ3) is 9.69. The van der Waals surface area contributed by atoms with Crippen LogP contribution in [0.15, 0.2) is 152 Å². The van der Waals surface area contributed by atoms with Gasteiger partial charge in [0.2, 0.25) is 0 Å². The zero-order chi connectivity index (χ0) is 32.1. The lowest BCUT2D eigenvalue weighted by Gasteiger charge is -2.48. The van der Waals surface area contributed by atoms with Gasteiger partial charge in [-0.15, -0.1) is 0 Å². The minimum absolute atomic E-state index is 0. The quantitative estimate of drug-likeness (QED) is 0.140. The van der Waals surface area contributed by atoms with Crippen molar-refractivity contribution in [1.82, 2.24) is 0 Å². The van der Waals surface area contributed by atoms with E-state index in [-0.39, 0.29) is 5.48 Å². The number of hydrogen-bond donors (Lipinski definition) is 1. The van der Waals surface area contributed by atoms with Crippen LogP contribution in [0, 0.1) is 0 Å². The van der Waals surface area contributed by atoms with Crippen molar-refractivity contribution in [3.63, 3.8) is 0 Å². The van der Waals surface area contributed by atoms with Gasteiger partial charge in [-0.2, -0.15) is 0 Å². The average Bonchev–Trinajstić information content (AvgIpc) is 3.14. The summed E-state index contributed by atoms with van der Waals surface area (Å²) in [5, 5.41) is 12.2. The van der Waals surface area contributed by atoms with E-state index in [1.165, 1.54) is 0 Å². The summed E-state index contributed by atoms with van der Waals surface area (Å²) >= 11 is 0. The van der Waals surface area contributed by atoms with Crippen LogP contribution >= 0.6 is 0 Å². The molecule has 0 aromatic heterocycles. The monoisotopic (exact) mass is 648 g/mol. The van der Waals surface area contributed by atoms with E-state index < -0.39 is 36.6 Å². The van der Waals surface area contributed by atoms with Crippen LogP contribution in [0.1, 0.15) is 27.8 Å². The molecular formula is C41H44O7. The number of benzene rings is 5. The van der Waals surface area contributed by atoms with Gasteiger partial charge in [0.05, 0.1) is 33.0 Å². The molecule has 7 nitrogen and oxygen atoms in total. The molecule has 1 fully saturated rings. The second kappa shape index (κ2) is 18.4. The summed E-state index contributed by atoms with van der Waals surface area (Å²) in [6.07, 6.45) is -4.58. The smallest absolute Gasteiger partial charge is 0.116 e. The molecule has 0 aliphatic heterocycles. The van der Waals surface area contributed by atoms with E-state index in [0.29, 0.717) is 33.0 Å². The Morgan fingerprint density at radius 2 is 0.500 bits per heavy atom. The number of ether oxygens (including phenoxy) is 5. The molecule has 0 radical (unpaired) electrons. The van der Waals surface area contributed by atoms with Crippen molar-refractivity contribution < 1.29 is 34.3 Å². The van der Waals surface area contributed by atoms with Crippen molar-refractivity contribution in [3.8, 4) is 0 Å². The molecule has 7 heteroatoms. The highest BCUT2D eigenvalue weighted by atomic mass is 16.6. The second-order valence-corrected chi connectivity index (χ2v) is 11.8. The lowest BCUT2D eigenvalue weighted by atomic mass is 9.83. The topological polar surface area (TPSA) is 97.9 Å². The maximum atomic E-state index is 12.2. The molecule has 48 heavy (non-hydrogen) atoms. The Bertz CT molecular complexity index is 1470. The van der Waals surface area contributed by atoms with Gasteiger partial charge in [0.15, 0.2) is 0 Å². The molecule has 4 atom stereocenters. The highest BCUT2D eigenvalue weighted by Crippen LogP contribution is 2.35. The van der Waals surface area contributed by atoms with Crippen LogP contribution in [0.2, 0.25) is 0 Å². The van der Waals surface area contributed by atoms with Crippen LogP contribution < -0.4 is 0 Å². The molecule has 5 aromatic carbocycles. The summed E-state index contributed by atoms with van der Waals surface area (Å²) in [6.45, 7) is 1.54. The van der Waals surface area contributed by atoms with Crippen molar-refractivity contribution in [2.75, 3.05) is 0 Å². The number of aliphatic hydroxyl groups is 1. The minimum atomic E-state index is -1.07. The molecule has 6 rings (SSSR count). The minimum Gasteiger partial charge on any atom is -0.412 e. The Kier molecular flexibility index (Phi) is 13.5. The van der Waals surface area contributed by atoms with Crippen LogP contribution in [0.5, 0.6) is 0 Å². The van der Waals surface area contributed by atoms with Crippen molar-refractivity contribution in [3.05, 3.63) is 179 Å². The predicted octanol–water partition coefficient (Wildman–Crippen LogP) is 6.46. The predicted molar refractivity (Wildman–Crippen MR) is 185 cm³/mol. The van der Waals surface area contributed by atoms with Crippen molar-refractivity contribution in [1.29, 1.82) is 0 Å². The van der Waals surface area contributed by atoms with E-state index >= 15 is 0 Å². The van der Waals surface area contributed by atoms with E-state index in [0.717, 1.165) is 27.8 Å². The lowest BCUT2D eigenvalue weighted by Crippen LogP contribution is -2.66. The summed E-state index contributed by atoms with van der Waals surface area (Å²) < 4.78 is 33.3. The maximum absolute atomic E-state index is 12.2. The van der Waals surface area contributed by atoms with Gasteiger partial charge in [0.25, 0.3) is 0 Å². The SMILES string of the molecule is O.OC1C(OCc2ccccc2)C(OCc2ccccc2)C(OCc2ccccc2)C(OCc2ccccc2)C1OCc1ccccc1. The molecule has 0 amide bonds. The molecular weight excluding hydrogens is 604 g/mol. The second-order valence-electron chi connectivity index (χ2n) is 11.8. The number of hydrogen-bond acceptors (Lipinski definition) is 6. The third-order valence-corrected chi connectivity index (χ3v) is 8.39. The van der Waals surface area contributed by atoms with Gasteiger partial charge in [-0.3, -0.25) is 0 Å². The van der Waals surface area contributed by atoms with Gasteiger partial charge in [-0.25, -0.2) is 0 Å². The highest BCUT2D eigenvalue weighted by molar-refractivity contribution is 5.18. The van der Waals surface area contributed by atoms with Crippen LogP contribution in [0.25, 0.3) is 0 Å². The van der Waals surface area contributed by atoms with Crippen molar-refractivity contribution in [2.24, 2.45) is 0 Å². The Morgan fingerprint density at radius 1 is 0.312 bits per heavy atom. The molecule has 0 bridgehead atoms. The van der Waals surface area contributed by atoms with E-state index in [4.69, 9.17) is 23.7 Å². The first-order valence-corrected chi connectivity index (χ1v) is 16.2. The highest BCUT2D eigenvalue weighted by Gasteiger charge is 2.54. The first-order chi connectivity index (χ1) is 23.2. The largest absolute Gasteiger partial charge is 0.412 e. The zero-order valence-electron chi connectivity index (χ0n) is 26.9. The molecule has 0 spiro atoms. The fraction of sp³-hybridized carbons (Fsp3) is 0.268. The van der Waals surface area contributed by atoms with Crippen LogP contribution in [0.3, 0.4) is 0 Å². The van der Waals surface area contributed by atoms with E-state index in [2.05, 4.69) is 0 Å². The molecule has 1 aliphatic carbocycles.